The Bertz CT molecular complexity index is 491. The Morgan fingerprint density at radius 3 is 2.19 bits per heavy atom. The summed E-state index contributed by atoms with van der Waals surface area (Å²) >= 11 is 0. The quantitative estimate of drug-likeness (QED) is 0.867. The van der Waals surface area contributed by atoms with E-state index >= 15 is 0 Å². The minimum Gasteiger partial charge on any atom is -0.481 e. The van der Waals surface area contributed by atoms with Gasteiger partial charge in [0.15, 0.2) is 0 Å². The largest absolute Gasteiger partial charge is 0.481 e. The van der Waals surface area contributed by atoms with Crippen molar-refractivity contribution in [1.82, 2.24) is 4.90 Å². The topological polar surface area (TPSA) is 40.5 Å². The van der Waals surface area contributed by atoms with E-state index in [-0.39, 0.29) is 5.54 Å². The first-order chi connectivity index (χ1) is 9.80. The molecule has 0 aromatic heterocycles. The average molecular weight is 289 g/mol. The molecule has 3 heteroatoms. The molecule has 1 heterocycles. The van der Waals surface area contributed by atoms with Crippen molar-refractivity contribution in [3.05, 3.63) is 35.9 Å². The van der Waals surface area contributed by atoms with Gasteiger partial charge in [-0.1, -0.05) is 44.2 Å². The zero-order valence-corrected chi connectivity index (χ0v) is 13.6. The number of nitrogens with zero attached hydrogens (tertiary/aromatic N) is 1. The number of carboxylic acids is 1. The van der Waals surface area contributed by atoms with E-state index in [4.69, 9.17) is 0 Å². The second-order valence-corrected chi connectivity index (χ2v) is 7.15. The summed E-state index contributed by atoms with van der Waals surface area (Å²) in [7, 11) is 0. The van der Waals surface area contributed by atoms with Gasteiger partial charge in [-0.2, -0.15) is 0 Å². The molecule has 3 nitrogen and oxygen atoms in total. The van der Waals surface area contributed by atoms with Crippen LogP contribution in [0.5, 0.6) is 0 Å². The van der Waals surface area contributed by atoms with Crippen LogP contribution in [0.15, 0.2) is 30.3 Å². The molecule has 2 rings (SSSR count). The minimum absolute atomic E-state index is 0.193. The second kappa shape index (κ2) is 5.80. The first-order valence-corrected chi connectivity index (χ1v) is 7.84. The van der Waals surface area contributed by atoms with Gasteiger partial charge in [-0.25, -0.2) is 0 Å². The van der Waals surface area contributed by atoms with E-state index in [9.17, 15) is 9.90 Å². The maximum atomic E-state index is 11.7. The lowest BCUT2D eigenvalue weighted by Crippen LogP contribution is -2.58. The zero-order chi connectivity index (χ0) is 15.7. The van der Waals surface area contributed by atoms with E-state index in [1.807, 2.05) is 19.9 Å². The highest BCUT2D eigenvalue weighted by Gasteiger charge is 2.48. The van der Waals surface area contributed by atoms with Gasteiger partial charge in [0.2, 0.25) is 0 Å². The fourth-order valence-electron chi connectivity index (χ4n) is 3.49. The molecule has 1 fully saturated rings. The van der Waals surface area contributed by atoms with E-state index in [1.54, 1.807) is 0 Å². The Morgan fingerprint density at radius 1 is 1.24 bits per heavy atom. The molecule has 1 aliphatic rings. The first-order valence-electron chi connectivity index (χ1n) is 7.84. The van der Waals surface area contributed by atoms with Gasteiger partial charge in [0.1, 0.15) is 0 Å². The molecule has 1 N–H and O–H groups in total. The van der Waals surface area contributed by atoms with Crippen LogP contribution in [0.25, 0.3) is 0 Å². The highest BCUT2D eigenvalue weighted by atomic mass is 16.4. The summed E-state index contributed by atoms with van der Waals surface area (Å²) in [6.45, 7) is 10.2. The summed E-state index contributed by atoms with van der Waals surface area (Å²) in [4.78, 5) is 14.1. The van der Waals surface area contributed by atoms with Gasteiger partial charge in [0, 0.05) is 18.6 Å². The maximum Gasteiger partial charge on any atom is 0.309 e. The van der Waals surface area contributed by atoms with Crippen LogP contribution in [0.3, 0.4) is 0 Å². The lowest BCUT2D eigenvalue weighted by molar-refractivity contribution is -0.151. The van der Waals surface area contributed by atoms with Crippen LogP contribution < -0.4 is 0 Å². The summed E-state index contributed by atoms with van der Waals surface area (Å²) in [6, 6.07) is 10.4. The van der Waals surface area contributed by atoms with Crippen LogP contribution in [0.2, 0.25) is 0 Å². The number of carbonyl (C=O) groups is 1. The standard InChI is InChI=1S/C18H27NO2/c1-14(2)18(19-11-8-12-19,13-17(3,4)16(20)21)15-9-6-5-7-10-15/h5-7,9-10,14H,8,11-13H2,1-4H3,(H,20,21). The number of benzene rings is 1. The number of likely N-dealkylation sites (tertiary alicyclic amines) is 1. The molecule has 0 aliphatic carbocycles. The lowest BCUT2D eigenvalue weighted by atomic mass is 9.67. The molecule has 21 heavy (non-hydrogen) atoms. The van der Waals surface area contributed by atoms with E-state index < -0.39 is 11.4 Å². The third-order valence-corrected chi connectivity index (χ3v) is 4.94. The van der Waals surface area contributed by atoms with Gasteiger partial charge in [0.25, 0.3) is 0 Å². The highest BCUT2D eigenvalue weighted by Crippen LogP contribution is 2.47. The number of rotatable bonds is 6. The van der Waals surface area contributed by atoms with Gasteiger partial charge >= 0.3 is 5.97 Å². The predicted molar refractivity (Wildman–Crippen MR) is 85.2 cm³/mol. The Labute approximate surface area is 128 Å². The normalized spacial score (nSPS) is 19.1. The summed E-state index contributed by atoms with van der Waals surface area (Å²) in [5.41, 5.74) is 0.311. The zero-order valence-electron chi connectivity index (χ0n) is 13.6. The van der Waals surface area contributed by atoms with Crippen molar-refractivity contribution < 1.29 is 9.90 Å². The Balaban J connectivity index is 2.49. The van der Waals surface area contributed by atoms with Crippen LogP contribution in [-0.4, -0.2) is 29.1 Å². The summed E-state index contributed by atoms with van der Waals surface area (Å²) in [5.74, 6) is -0.359. The molecule has 1 aromatic carbocycles. The number of carboxylic acid groups (broad SMARTS) is 1. The molecule has 1 aromatic rings. The molecule has 1 unspecified atom stereocenters. The summed E-state index contributed by atoms with van der Waals surface area (Å²) < 4.78 is 0. The van der Waals surface area contributed by atoms with Gasteiger partial charge in [-0.15, -0.1) is 0 Å². The maximum absolute atomic E-state index is 11.7. The lowest BCUT2D eigenvalue weighted by Gasteiger charge is -2.54. The molecule has 1 aliphatic heterocycles. The fourth-order valence-corrected chi connectivity index (χ4v) is 3.49. The molecule has 1 saturated heterocycles. The molecule has 0 bridgehead atoms. The molecule has 0 amide bonds. The van der Waals surface area contributed by atoms with Crippen molar-refractivity contribution in [2.75, 3.05) is 13.1 Å². The number of hydrogen-bond acceptors (Lipinski definition) is 2. The van der Waals surface area contributed by atoms with Crippen molar-refractivity contribution >= 4 is 5.97 Å². The first kappa shape index (κ1) is 16.0. The van der Waals surface area contributed by atoms with Crippen LogP contribution in [-0.2, 0) is 10.3 Å². The van der Waals surface area contributed by atoms with E-state index in [0.717, 1.165) is 13.1 Å². The third kappa shape index (κ3) is 2.84. The smallest absolute Gasteiger partial charge is 0.309 e. The number of hydrogen-bond donors (Lipinski definition) is 1. The molecule has 0 saturated carbocycles. The van der Waals surface area contributed by atoms with Gasteiger partial charge < -0.3 is 5.11 Å². The molecule has 0 spiro atoms. The molecule has 116 valence electrons. The van der Waals surface area contributed by atoms with Gasteiger partial charge in [0.05, 0.1) is 5.41 Å². The number of aliphatic carboxylic acids is 1. The molecular weight excluding hydrogens is 262 g/mol. The Morgan fingerprint density at radius 2 is 1.81 bits per heavy atom. The van der Waals surface area contributed by atoms with Crippen molar-refractivity contribution in [3.63, 3.8) is 0 Å². The van der Waals surface area contributed by atoms with Crippen molar-refractivity contribution in [2.45, 2.75) is 46.1 Å². The van der Waals surface area contributed by atoms with Crippen LogP contribution in [0.1, 0.15) is 46.1 Å². The van der Waals surface area contributed by atoms with Crippen LogP contribution in [0.4, 0.5) is 0 Å². The van der Waals surface area contributed by atoms with Gasteiger partial charge in [-0.05, 0) is 38.2 Å². The molecule has 1 atom stereocenters. The second-order valence-electron chi connectivity index (χ2n) is 7.15. The molecule has 0 radical (unpaired) electrons. The fraction of sp³-hybridized carbons (Fsp3) is 0.611. The predicted octanol–water partition coefficient (Wildman–Crippen LogP) is 3.74. The molecular formula is C18H27NO2. The van der Waals surface area contributed by atoms with E-state index in [0.29, 0.717) is 12.3 Å². The van der Waals surface area contributed by atoms with Crippen molar-refractivity contribution in [3.8, 4) is 0 Å². The van der Waals surface area contributed by atoms with Crippen LogP contribution in [0, 0.1) is 11.3 Å². The Hall–Kier alpha value is -1.35. The Kier molecular flexibility index (Phi) is 4.43. The summed E-state index contributed by atoms with van der Waals surface area (Å²) in [6.07, 6.45) is 1.84. The SMILES string of the molecule is CC(C)C(CC(C)(C)C(=O)O)(c1ccccc1)N1CCC1. The van der Waals surface area contributed by atoms with Gasteiger partial charge in [-0.3, -0.25) is 9.69 Å². The van der Waals surface area contributed by atoms with Crippen LogP contribution >= 0.6 is 0 Å². The van der Waals surface area contributed by atoms with Crippen molar-refractivity contribution in [1.29, 1.82) is 0 Å². The monoisotopic (exact) mass is 289 g/mol. The third-order valence-electron chi connectivity index (χ3n) is 4.94. The van der Waals surface area contributed by atoms with E-state index in [1.165, 1.54) is 12.0 Å². The highest BCUT2D eigenvalue weighted by molar-refractivity contribution is 5.73. The minimum atomic E-state index is -0.740. The van der Waals surface area contributed by atoms with Crippen molar-refractivity contribution in [2.24, 2.45) is 11.3 Å². The summed E-state index contributed by atoms with van der Waals surface area (Å²) in [5, 5.41) is 9.59. The van der Waals surface area contributed by atoms with E-state index in [2.05, 4.69) is 43.0 Å². The average Bonchev–Trinajstić information content (AvgIpc) is 2.36.